The molecule has 0 spiro atoms. The highest BCUT2D eigenvalue weighted by Gasteiger charge is 1.98. The summed E-state index contributed by atoms with van der Waals surface area (Å²) < 4.78 is 6.52. The molecule has 2 rings (SSSR count). The Morgan fingerprint density at radius 2 is 1.90 bits per heavy atom. The summed E-state index contributed by atoms with van der Waals surface area (Å²) in [6.07, 6.45) is 0. The molecule has 5 heteroatoms. The van der Waals surface area contributed by atoms with E-state index in [2.05, 4.69) is 31.1 Å². The minimum atomic E-state index is 0.695. The second-order valence-corrected chi connectivity index (χ2v) is 5.79. The molecule has 1 N–H and O–H groups in total. The Morgan fingerprint density at radius 3 is 2.57 bits per heavy atom. The van der Waals surface area contributed by atoms with Crippen molar-refractivity contribution in [2.24, 2.45) is 0 Å². The quantitative estimate of drug-likeness (QED) is 0.777. The van der Waals surface area contributed by atoms with Crippen LogP contribution in [0.3, 0.4) is 0 Å². The molecule has 4 nitrogen and oxygen atoms in total. The molecule has 0 bridgehead atoms. The van der Waals surface area contributed by atoms with Gasteiger partial charge in [0.2, 0.25) is 0 Å². The molecule has 1 heterocycles. The number of nitrogens with zero attached hydrogens (tertiary/aromatic N) is 2. The first-order chi connectivity index (χ1) is 10.1. The van der Waals surface area contributed by atoms with Crippen LogP contribution >= 0.6 is 15.9 Å². The lowest BCUT2D eigenvalue weighted by Crippen LogP contribution is -2.19. The number of likely N-dealkylation sites (N-methyl/N-ethyl adjacent to an activating group) is 1. The highest BCUT2D eigenvalue weighted by atomic mass is 79.9. The van der Waals surface area contributed by atoms with Gasteiger partial charge >= 0.3 is 0 Å². The predicted molar refractivity (Wildman–Crippen MR) is 89.8 cm³/mol. The molecule has 0 fully saturated rings. The standard InChI is InChI=1S/C16H20BrN3O/c1-20(2)10-11-21-15-8-6-13(7-9-15)18-12-14-4-3-5-16(17)19-14/h3-9,18H,10-12H2,1-2H3. The van der Waals surface area contributed by atoms with Crippen LogP contribution in [0.15, 0.2) is 47.1 Å². The minimum Gasteiger partial charge on any atom is -0.492 e. The summed E-state index contributed by atoms with van der Waals surface area (Å²) >= 11 is 3.37. The van der Waals surface area contributed by atoms with Gasteiger partial charge in [-0.05, 0) is 66.4 Å². The third-order valence-electron chi connectivity index (χ3n) is 2.91. The van der Waals surface area contributed by atoms with E-state index >= 15 is 0 Å². The summed E-state index contributed by atoms with van der Waals surface area (Å²) in [5, 5.41) is 3.34. The van der Waals surface area contributed by atoms with Crippen LogP contribution in [0.25, 0.3) is 0 Å². The van der Waals surface area contributed by atoms with Crippen molar-refractivity contribution in [2.75, 3.05) is 32.6 Å². The van der Waals surface area contributed by atoms with E-state index in [9.17, 15) is 0 Å². The molecule has 0 amide bonds. The zero-order chi connectivity index (χ0) is 15.1. The van der Waals surface area contributed by atoms with E-state index < -0.39 is 0 Å². The van der Waals surface area contributed by atoms with Crippen molar-refractivity contribution in [2.45, 2.75) is 6.54 Å². The summed E-state index contributed by atoms with van der Waals surface area (Å²) in [5.74, 6) is 0.892. The molecule has 0 aliphatic rings. The summed E-state index contributed by atoms with van der Waals surface area (Å²) in [4.78, 5) is 6.49. The van der Waals surface area contributed by atoms with E-state index in [-0.39, 0.29) is 0 Å². The van der Waals surface area contributed by atoms with Crippen molar-refractivity contribution < 1.29 is 4.74 Å². The van der Waals surface area contributed by atoms with Crippen molar-refractivity contribution in [3.63, 3.8) is 0 Å². The highest BCUT2D eigenvalue weighted by Crippen LogP contribution is 2.16. The van der Waals surface area contributed by atoms with Crippen LogP contribution in [-0.4, -0.2) is 37.1 Å². The van der Waals surface area contributed by atoms with Crippen molar-refractivity contribution in [3.8, 4) is 5.75 Å². The summed E-state index contributed by atoms with van der Waals surface area (Å²) in [6, 6.07) is 13.9. The molecule has 0 atom stereocenters. The third-order valence-corrected chi connectivity index (χ3v) is 3.35. The molecular weight excluding hydrogens is 330 g/mol. The molecule has 1 aromatic carbocycles. The van der Waals surface area contributed by atoms with Crippen LogP contribution in [0.2, 0.25) is 0 Å². The van der Waals surface area contributed by atoms with E-state index in [1.807, 2.05) is 56.6 Å². The van der Waals surface area contributed by atoms with Gasteiger partial charge in [-0.2, -0.15) is 0 Å². The van der Waals surface area contributed by atoms with E-state index in [1.165, 1.54) is 0 Å². The Balaban J connectivity index is 1.82. The molecule has 0 radical (unpaired) electrons. The average molecular weight is 350 g/mol. The van der Waals surface area contributed by atoms with Crippen molar-refractivity contribution in [3.05, 3.63) is 52.8 Å². The van der Waals surface area contributed by atoms with E-state index in [0.29, 0.717) is 13.2 Å². The molecule has 0 unspecified atom stereocenters. The average Bonchev–Trinajstić information content (AvgIpc) is 2.46. The zero-order valence-corrected chi connectivity index (χ0v) is 13.9. The monoisotopic (exact) mass is 349 g/mol. The van der Waals surface area contributed by atoms with Gasteiger partial charge in [-0.25, -0.2) is 4.98 Å². The SMILES string of the molecule is CN(C)CCOc1ccc(NCc2cccc(Br)n2)cc1. The number of hydrogen-bond acceptors (Lipinski definition) is 4. The summed E-state index contributed by atoms with van der Waals surface area (Å²) in [7, 11) is 4.07. The van der Waals surface area contributed by atoms with Crippen LogP contribution < -0.4 is 10.1 Å². The van der Waals surface area contributed by atoms with Crippen molar-refractivity contribution in [1.29, 1.82) is 0 Å². The molecule has 2 aromatic rings. The van der Waals surface area contributed by atoms with E-state index in [4.69, 9.17) is 4.74 Å². The number of halogens is 1. The Labute approximate surface area is 134 Å². The van der Waals surface area contributed by atoms with Crippen LogP contribution in [0.5, 0.6) is 5.75 Å². The maximum Gasteiger partial charge on any atom is 0.119 e. The van der Waals surface area contributed by atoms with Gasteiger partial charge in [-0.1, -0.05) is 6.07 Å². The Kier molecular flexibility index (Phi) is 6.02. The lowest BCUT2D eigenvalue weighted by Gasteiger charge is -2.11. The number of hydrogen-bond donors (Lipinski definition) is 1. The fraction of sp³-hybridized carbons (Fsp3) is 0.312. The first kappa shape index (κ1) is 15.8. The topological polar surface area (TPSA) is 37.4 Å². The second-order valence-electron chi connectivity index (χ2n) is 4.98. The van der Waals surface area contributed by atoms with Crippen molar-refractivity contribution >= 4 is 21.6 Å². The largest absolute Gasteiger partial charge is 0.492 e. The highest BCUT2D eigenvalue weighted by molar-refractivity contribution is 9.10. The lowest BCUT2D eigenvalue weighted by molar-refractivity contribution is 0.261. The van der Waals surface area contributed by atoms with Gasteiger partial charge in [-0.3, -0.25) is 0 Å². The number of aromatic nitrogens is 1. The molecule has 0 aliphatic heterocycles. The number of pyridine rings is 1. The lowest BCUT2D eigenvalue weighted by atomic mass is 10.3. The van der Waals surface area contributed by atoms with E-state index in [0.717, 1.165) is 28.3 Å². The van der Waals surface area contributed by atoms with Crippen molar-refractivity contribution in [1.82, 2.24) is 9.88 Å². The number of benzene rings is 1. The molecule has 0 saturated carbocycles. The van der Waals surface area contributed by atoms with Gasteiger partial charge in [0.05, 0.1) is 12.2 Å². The Bertz CT molecular complexity index is 558. The first-order valence-corrected chi connectivity index (χ1v) is 7.66. The molecule has 21 heavy (non-hydrogen) atoms. The maximum atomic E-state index is 5.66. The first-order valence-electron chi connectivity index (χ1n) is 6.86. The normalized spacial score (nSPS) is 10.7. The van der Waals surface area contributed by atoms with Gasteiger partial charge in [0.25, 0.3) is 0 Å². The second kappa shape index (κ2) is 8.00. The van der Waals surface area contributed by atoms with E-state index in [1.54, 1.807) is 0 Å². The molecule has 1 aromatic heterocycles. The predicted octanol–water partition coefficient (Wildman–Crippen LogP) is 3.40. The smallest absolute Gasteiger partial charge is 0.119 e. The number of anilines is 1. The van der Waals surface area contributed by atoms with Gasteiger partial charge < -0.3 is 15.0 Å². The molecule has 0 saturated heterocycles. The van der Waals surface area contributed by atoms with Gasteiger partial charge in [0.15, 0.2) is 0 Å². The summed E-state index contributed by atoms with van der Waals surface area (Å²) in [6.45, 7) is 2.30. The molecular formula is C16H20BrN3O. The minimum absolute atomic E-state index is 0.695. The third kappa shape index (κ3) is 5.73. The Morgan fingerprint density at radius 1 is 1.14 bits per heavy atom. The molecule has 0 aliphatic carbocycles. The molecule has 112 valence electrons. The van der Waals surface area contributed by atoms with Crippen LogP contribution in [0.1, 0.15) is 5.69 Å². The summed E-state index contributed by atoms with van der Waals surface area (Å²) in [5.41, 5.74) is 2.05. The number of rotatable bonds is 7. The maximum absolute atomic E-state index is 5.66. The van der Waals surface area contributed by atoms with Crippen LogP contribution in [0.4, 0.5) is 5.69 Å². The van der Waals surface area contributed by atoms with Gasteiger partial charge in [0.1, 0.15) is 17.0 Å². The number of nitrogens with one attached hydrogen (secondary N) is 1. The van der Waals surface area contributed by atoms with Crippen LogP contribution in [-0.2, 0) is 6.54 Å². The number of ether oxygens (including phenoxy) is 1. The van der Waals surface area contributed by atoms with Gasteiger partial charge in [0, 0.05) is 12.2 Å². The fourth-order valence-electron chi connectivity index (χ4n) is 1.76. The van der Waals surface area contributed by atoms with Crippen LogP contribution in [0, 0.1) is 0 Å². The fourth-order valence-corrected chi connectivity index (χ4v) is 2.14. The van der Waals surface area contributed by atoms with Gasteiger partial charge in [-0.15, -0.1) is 0 Å². The zero-order valence-electron chi connectivity index (χ0n) is 12.3. The Hall–Kier alpha value is -1.59.